The number of rotatable bonds is 5. The lowest BCUT2D eigenvalue weighted by Gasteiger charge is -2.35. The topological polar surface area (TPSA) is 40.5 Å². The first-order chi connectivity index (χ1) is 9.56. The lowest BCUT2D eigenvalue weighted by atomic mass is 9.97. The summed E-state index contributed by atoms with van der Waals surface area (Å²) in [5.41, 5.74) is 0.466. The summed E-state index contributed by atoms with van der Waals surface area (Å²) >= 11 is 0. The first kappa shape index (κ1) is 14.9. The van der Waals surface area contributed by atoms with Crippen molar-refractivity contribution in [3.63, 3.8) is 0 Å². The van der Waals surface area contributed by atoms with Crippen LogP contribution in [0.4, 0.5) is 8.78 Å². The largest absolute Gasteiger partial charge is 0.481 e. The van der Waals surface area contributed by atoms with E-state index in [1.807, 2.05) is 0 Å². The minimum atomic E-state index is -0.802. The Hall–Kier alpha value is -1.49. The van der Waals surface area contributed by atoms with Gasteiger partial charge in [0.1, 0.15) is 11.6 Å². The van der Waals surface area contributed by atoms with E-state index in [1.54, 1.807) is 0 Å². The molecule has 110 valence electrons. The number of carboxylic acids is 1. The molecule has 0 spiro atoms. The Morgan fingerprint density at radius 2 is 2.15 bits per heavy atom. The first-order valence-electron chi connectivity index (χ1n) is 6.96. The number of hydrogen-bond donors (Lipinski definition) is 1. The van der Waals surface area contributed by atoms with E-state index in [9.17, 15) is 13.6 Å². The van der Waals surface area contributed by atoms with Crippen molar-refractivity contribution in [1.29, 1.82) is 0 Å². The van der Waals surface area contributed by atoms with Crippen LogP contribution in [0.15, 0.2) is 18.2 Å². The van der Waals surface area contributed by atoms with Gasteiger partial charge in [0, 0.05) is 30.6 Å². The van der Waals surface area contributed by atoms with Crippen LogP contribution in [0, 0.1) is 11.6 Å². The Morgan fingerprint density at radius 3 is 2.85 bits per heavy atom. The molecule has 0 radical (unpaired) electrons. The molecule has 0 aliphatic carbocycles. The first-order valence-corrected chi connectivity index (χ1v) is 6.96. The van der Waals surface area contributed by atoms with E-state index in [4.69, 9.17) is 5.11 Å². The zero-order chi connectivity index (χ0) is 14.5. The van der Waals surface area contributed by atoms with E-state index in [0.717, 1.165) is 31.9 Å². The lowest BCUT2D eigenvalue weighted by molar-refractivity contribution is -0.137. The van der Waals surface area contributed by atoms with Gasteiger partial charge in [-0.3, -0.25) is 9.69 Å². The van der Waals surface area contributed by atoms with Gasteiger partial charge < -0.3 is 5.11 Å². The molecule has 20 heavy (non-hydrogen) atoms. The fraction of sp³-hybridized carbons (Fsp3) is 0.533. The third-order valence-electron chi connectivity index (χ3n) is 3.83. The molecule has 1 atom stereocenters. The molecule has 1 unspecified atom stereocenters. The number of hydrogen-bond acceptors (Lipinski definition) is 2. The maximum atomic E-state index is 13.7. The second-order valence-corrected chi connectivity index (χ2v) is 5.29. The molecule has 1 aromatic rings. The second kappa shape index (κ2) is 6.79. The molecule has 1 aromatic carbocycles. The van der Waals surface area contributed by atoms with Gasteiger partial charge in [-0.2, -0.15) is 0 Å². The van der Waals surface area contributed by atoms with Crippen molar-refractivity contribution in [3.05, 3.63) is 35.4 Å². The van der Waals surface area contributed by atoms with Crippen molar-refractivity contribution in [2.24, 2.45) is 0 Å². The number of nitrogens with zero attached hydrogens (tertiary/aromatic N) is 1. The summed E-state index contributed by atoms with van der Waals surface area (Å²) in [6.07, 6.45) is 3.76. The van der Waals surface area contributed by atoms with E-state index in [2.05, 4.69) is 4.90 Å². The molecule has 1 saturated heterocycles. The molecule has 2 rings (SSSR count). The van der Waals surface area contributed by atoms with Gasteiger partial charge >= 0.3 is 5.97 Å². The normalized spacial score (nSPS) is 20.0. The summed E-state index contributed by atoms with van der Waals surface area (Å²) in [6.45, 7) is 1.25. The van der Waals surface area contributed by atoms with Crippen molar-refractivity contribution in [1.82, 2.24) is 4.90 Å². The zero-order valence-corrected chi connectivity index (χ0v) is 11.3. The Labute approximate surface area is 117 Å². The molecule has 1 N–H and O–H groups in total. The Kier molecular flexibility index (Phi) is 5.06. The summed E-state index contributed by atoms with van der Waals surface area (Å²) < 4.78 is 26.6. The van der Waals surface area contributed by atoms with Gasteiger partial charge in [-0.05, 0) is 31.9 Å². The molecule has 1 aliphatic rings. The summed E-state index contributed by atoms with van der Waals surface area (Å²) in [4.78, 5) is 12.8. The SMILES string of the molecule is O=C(O)CCC1CCCCN1Cc1ccc(F)cc1F. The highest BCUT2D eigenvalue weighted by Gasteiger charge is 2.23. The van der Waals surface area contributed by atoms with Crippen LogP contribution in [-0.2, 0) is 11.3 Å². The van der Waals surface area contributed by atoms with Crippen LogP contribution in [-0.4, -0.2) is 28.6 Å². The number of carbonyl (C=O) groups is 1. The Bertz CT molecular complexity index is 479. The van der Waals surface area contributed by atoms with Gasteiger partial charge in [0.05, 0.1) is 0 Å². The summed E-state index contributed by atoms with van der Waals surface area (Å²) in [5.74, 6) is -1.91. The van der Waals surface area contributed by atoms with Crippen molar-refractivity contribution < 1.29 is 18.7 Å². The van der Waals surface area contributed by atoms with Crippen molar-refractivity contribution in [2.75, 3.05) is 6.54 Å². The number of piperidine rings is 1. The van der Waals surface area contributed by atoms with Crippen molar-refractivity contribution in [2.45, 2.75) is 44.7 Å². The molecule has 1 heterocycles. The van der Waals surface area contributed by atoms with Crippen LogP contribution in [0.2, 0.25) is 0 Å². The van der Waals surface area contributed by atoms with Gasteiger partial charge in [-0.1, -0.05) is 12.5 Å². The number of aliphatic carboxylic acids is 1. The molecule has 0 aromatic heterocycles. The standard InChI is InChI=1S/C15H19F2NO2/c16-12-5-4-11(14(17)9-12)10-18-8-2-1-3-13(18)6-7-15(19)20/h4-5,9,13H,1-3,6-8,10H2,(H,19,20). The monoisotopic (exact) mass is 283 g/mol. The number of benzene rings is 1. The van der Waals surface area contributed by atoms with E-state index in [1.165, 1.54) is 12.1 Å². The van der Waals surface area contributed by atoms with Gasteiger partial charge in [-0.15, -0.1) is 0 Å². The number of halogens is 2. The van der Waals surface area contributed by atoms with Crippen LogP contribution >= 0.6 is 0 Å². The Balaban J connectivity index is 2.02. The van der Waals surface area contributed by atoms with Gasteiger partial charge in [0.15, 0.2) is 0 Å². The third kappa shape index (κ3) is 4.00. The van der Waals surface area contributed by atoms with E-state index >= 15 is 0 Å². The molecule has 5 heteroatoms. The van der Waals surface area contributed by atoms with Crippen LogP contribution in [0.25, 0.3) is 0 Å². The number of carboxylic acid groups (broad SMARTS) is 1. The van der Waals surface area contributed by atoms with Gasteiger partial charge in [-0.25, -0.2) is 8.78 Å². The minimum absolute atomic E-state index is 0.132. The van der Waals surface area contributed by atoms with E-state index < -0.39 is 17.6 Å². The average Bonchev–Trinajstić information content (AvgIpc) is 2.41. The Morgan fingerprint density at radius 1 is 1.35 bits per heavy atom. The maximum absolute atomic E-state index is 13.7. The van der Waals surface area contributed by atoms with Crippen LogP contribution in [0.1, 0.15) is 37.7 Å². The predicted molar refractivity (Wildman–Crippen MR) is 71.3 cm³/mol. The van der Waals surface area contributed by atoms with E-state index in [0.29, 0.717) is 18.5 Å². The molecule has 0 bridgehead atoms. The fourth-order valence-electron chi connectivity index (χ4n) is 2.75. The minimum Gasteiger partial charge on any atom is -0.481 e. The maximum Gasteiger partial charge on any atom is 0.303 e. The molecular weight excluding hydrogens is 264 g/mol. The number of likely N-dealkylation sites (tertiary alicyclic amines) is 1. The lowest BCUT2D eigenvalue weighted by Crippen LogP contribution is -2.39. The van der Waals surface area contributed by atoms with Crippen LogP contribution < -0.4 is 0 Å². The van der Waals surface area contributed by atoms with Gasteiger partial charge in [0.2, 0.25) is 0 Å². The predicted octanol–water partition coefficient (Wildman–Crippen LogP) is 3.18. The quantitative estimate of drug-likeness (QED) is 0.902. The van der Waals surface area contributed by atoms with Crippen molar-refractivity contribution >= 4 is 5.97 Å². The summed E-state index contributed by atoms with van der Waals surface area (Å²) in [6, 6.07) is 3.79. The molecular formula is C15H19F2NO2. The zero-order valence-electron chi connectivity index (χ0n) is 11.3. The molecule has 0 saturated carbocycles. The van der Waals surface area contributed by atoms with E-state index in [-0.39, 0.29) is 12.5 Å². The summed E-state index contributed by atoms with van der Waals surface area (Å²) in [7, 11) is 0. The third-order valence-corrected chi connectivity index (χ3v) is 3.83. The molecule has 0 amide bonds. The molecule has 1 fully saturated rings. The van der Waals surface area contributed by atoms with Crippen molar-refractivity contribution in [3.8, 4) is 0 Å². The fourth-order valence-corrected chi connectivity index (χ4v) is 2.75. The second-order valence-electron chi connectivity index (χ2n) is 5.29. The molecule has 3 nitrogen and oxygen atoms in total. The highest BCUT2D eigenvalue weighted by Crippen LogP contribution is 2.24. The van der Waals surface area contributed by atoms with Crippen LogP contribution in [0.5, 0.6) is 0 Å². The highest BCUT2D eigenvalue weighted by atomic mass is 19.1. The van der Waals surface area contributed by atoms with Crippen LogP contribution in [0.3, 0.4) is 0 Å². The molecule has 1 aliphatic heterocycles. The smallest absolute Gasteiger partial charge is 0.303 e. The highest BCUT2D eigenvalue weighted by molar-refractivity contribution is 5.66. The summed E-state index contributed by atoms with van der Waals surface area (Å²) in [5, 5.41) is 8.77. The van der Waals surface area contributed by atoms with Gasteiger partial charge in [0.25, 0.3) is 0 Å². The average molecular weight is 283 g/mol.